The van der Waals surface area contributed by atoms with Crippen molar-refractivity contribution in [2.24, 2.45) is 11.8 Å². The van der Waals surface area contributed by atoms with E-state index in [0.29, 0.717) is 30.7 Å². The number of piperidine rings is 1. The molecule has 1 aliphatic rings. The Labute approximate surface area is 211 Å². The van der Waals surface area contributed by atoms with Crippen LogP contribution in [-0.2, 0) is 11.2 Å². The van der Waals surface area contributed by atoms with Gasteiger partial charge in [0, 0.05) is 24.5 Å². The van der Waals surface area contributed by atoms with Gasteiger partial charge in [0.05, 0.1) is 12.6 Å². The highest BCUT2D eigenvalue weighted by Gasteiger charge is 2.31. The van der Waals surface area contributed by atoms with E-state index >= 15 is 4.39 Å². The van der Waals surface area contributed by atoms with Crippen LogP contribution in [0, 0.1) is 17.7 Å². The number of halogens is 2. The summed E-state index contributed by atoms with van der Waals surface area (Å²) in [6, 6.07) is 13.9. The fourth-order valence-electron chi connectivity index (χ4n) is 5.46. The number of alkyl halides is 1. The molecule has 0 aliphatic carbocycles. The molecule has 0 amide bonds. The molecule has 4 rings (SSSR count). The number of aromatic nitrogens is 1. The lowest BCUT2D eigenvalue weighted by atomic mass is 9.79. The number of ether oxygens (including phenoxy) is 1. The lowest BCUT2D eigenvalue weighted by Gasteiger charge is -2.38. The number of hydrogen-bond acceptors (Lipinski definition) is 4. The van der Waals surface area contributed by atoms with E-state index in [1.165, 1.54) is 6.07 Å². The highest BCUT2D eigenvalue weighted by atomic mass is 19.1. The third kappa shape index (κ3) is 6.78. The van der Waals surface area contributed by atoms with Crippen LogP contribution in [-0.4, -0.2) is 47.7 Å². The molecule has 0 radical (unpaired) electrons. The van der Waals surface area contributed by atoms with Crippen LogP contribution in [0.15, 0.2) is 54.7 Å². The number of hydrogen-bond donors (Lipinski definition) is 1. The molecule has 192 valence electrons. The molecule has 1 saturated heterocycles. The second-order valence-corrected chi connectivity index (χ2v) is 9.77. The van der Waals surface area contributed by atoms with E-state index in [1.807, 2.05) is 24.3 Å². The van der Waals surface area contributed by atoms with Crippen LogP contribution < -0.4 is 4.74 Å². The summed E-state index contributed by atoms with van der Waals surface area (Å²) in [4.78, 5) is 18.2. The maximum Gasteiger partial charge on any atom is 0.303 e. The molecule has 0 spiro atoms. The summed E-state index contributed by atoms with van der Waals surface area (Å²) in [5, 5.41) is 10.2. The average Bonchev–Trinajstić information content (AvgIpc) is 2.87. The number of pyridine rings is 1. The van der Waals surface area contributed by atoms with Crippen molar-refractivity contribution in [1.29, 1.82) is 0 Å². The number of carbonyl (C=O) groups is 1. The zero-order valence-electron chi connectivity index (χ0n) is 20.7. The predicted octanol–water partition coefficient (Wildman–Crippen LogP) is 6.22. The summed E-state index contributed by atoms with van der Waals surface area (Å²) in [5.41, 5.74) is 2.30. The molecular formula is C29H34F2N2O3. The quantitative estimate of drug-likeness (QED) is 0.342. The Morgan fingerprint density at radius 1 is 1.22 bits per heavy atom. The zero-order valence-corrected chi connectivity index (χ0v) is 20.7. The number of carboxylic acid groups (broad SMARTS) is 1. The van der Waals surface area contributed by atoms with Crippen molar-refractivity contribution in [3.05, 3.63) is 71.7 Å². The molecule has 1 aliphatic heterocycles. The molecule has 1 fully saturated rings. The van der Waals surface area contributed by atoms with Gasteiger partial charge in [-0.1, -0.05) is 12.1 Å². The number of aliphatic carboxylic acids is 1. The monoisotopic (exact) mass is 496 g/mol. The second kappa shape index (κ2) is 12.3. The van der Waals surface area contributed by atoms with Gasteiger partial charge in [-0.3, -0.25) is 9.78 Å². The summed E-state index contributed by atoms with van der Waals surface area (Å²) < 4.78 is 34.2. The summed E-state index contributed by atoms with van der Waals surface area (Å²) in [6.07, 6.45) is 4.09. The van der Waals surface area contributed by atoms with E-state index in [1.54, 1.807) is 31.5 Å². The average molecular weight is 497 g/mol. The number of aryl methyl sites for hydroxylation is 1. The van der Waals surface area contributed by atoms with Gasteiger partial charge in [-0.2, -0.15) is 0 Å². The molecule has 3 atom stereocenters. The van der Waals surface area contributed by atoms with Crippen molar-refractivity contribution in [3.8, 4) is 5.75 Å². The number of benzene rings is 2. The minimum atomic E-state index is -1.16. The molecule has 36 heavy (non-hydrogen) atoms. The minimum Gasteiger partial charge on any atom is -0.497 e. The van der Waals surface area contributed by atoms with Crippen LogP contribution in [0.4, 0.5) is 8.78 Å². The second-order valence-electron chi connectivity index (χ2n) is 9.77. The third-order valence-electron chi connectivity index (χ3n) is 7.35. The van der Waals surface area contributed by atoms with E-state index in [2.05, 4.69) is 9.88 Å². The first-order valence-corrected chi connectivity index (χ1v) is 12.7. The van der Waals surface area contributed by atoms with E-state index in [-0.39, 0.29) is 24.1 Å². The molecule has 1 N–H and O–H groups in total. The Kier molecular flexibility index (Phi) is 8.86. The first-order chi connectivity index (χ1) is 17.4. The first kappa shape index (κ1) is 26.0. The van der Waals surface area contributed by atoms with Crippen molar-refractivity contribution in [2.45, 2.75) is 44.7 Å². The zero-order chi connectivity index (χ0) is 25.5. The maximum absolute atomic E-state index is 15.5. The number of likely N-dealkylation sites (tertiary alicyclic amines) is 1. The Balaban J connectivity index is 1.34. The van der Waals surface area contributed by atoms with E-state index in [4.69, 9.17) is 4.74 Å². The number of fused-ring (bicyclic) bond motifs is 1. The topological polar surface area (TPSA) is 62.7 Å². The molecular weight excluding hydrogens is 462 g/mol. The van der Waals surface area contributed by atoms with Crippen LogP contribution in [0.5, 0.6) is 5.75 Å². The van der Waals surface area contributed by atoms with Gasteiger partial charge in [0.2, 0.25) is 0 Å². The standard InChI is InChI=1S/C29H34F2N2O3/c1-36-24-8-10-28-26(18-24)25(11-13-32-28)27(31)9-7-21-12-15-33(19-22(21)17-29(34)35)14-3-5-20-4-2-6-23(30)16-20/h2,4,6,8,10-11,13,16,18,21-22,27H,3,5,7,9,12,14-15,17,19H2,1H3,(H,34,35)/t21-,22+,27?/m1/s1. The van der Waals surface area contributed by atoms with Crippen LogP contribution in [0.2, 0.25) is 0 Å². The van der Waals surface area contributed by atoms with Gasteiger partial charge >= 0.3 is 5.97 Å². The smallest absolute Gasteiger partial charge is 0.303 e. The molecule has 2 aromatic carbocycles. The van der Waals surface area contributed by atoms with Crippen molar-refractivity contribution >= 4 is 16.9 Å². The van der Waals surface area contributed by atoms with Crippen LogP contribution >= 0.6 is 0 Å². The van der Waals surface area contributed by atoms with Crippen molar-refractivity contribution in [3.63, 3.8) is 0 Å². The summed E-state index contributed by atoms with van der Waals surface area (Å²) in [7, 11) is 1.58. The Morgan fingerprint density at radius 3 is 2.86 bits per heavy atom. The van der Waals surface area contributed by atoms with Gasteiger partial charge in [-0.05, 0) is 105 Å². The van der Waals surface area contributed by atoms with Crippen molar-refractivity contribution < 1.29 is 23.4 Å². The van der Waals surface area contributed by atoms with Gasteiger partial charge in [0.1, 0.15) is 17.7 Å². The normalized spacial score (nSPS) is 19.3. The van der Waals surface area contributed by atoms with Gasteiger partial charge in [-0.15, -0.1) is 0 Å². The van der Waals surface area contributed by atoms with Gasteiger partial charge in [-0.25, -0.2) is 8.78 Å². The molecule has 0 saturated carbocycles. The first-order valence-electron chi connectivity index (χ1n) is 12.7. The fraction of sp³-hybridized carbons (Fsp3) is 0.448. The Hall–Kier alpha value is -3.06. The minimum absolute atomic E-state index is 0.00750. The highest BCUT2D eigenvalue weighted by molar-refractivity contribution is 5.83. The van der Waals surface area contributed by atoms with E-state index in [9.17, 15) is 14.3 Å². The molecule has 0 bridgehead atoms. The van der Waals surface area contributed by atoms with Crippen LogP contribution in [0.3, 0.4) is 0 Å². The number of carboxylic acids is 1. The van der Waals surface area contributed by atoms with Crippen molar-refractivity contribution in [2.75, 3.05) is 26.7 Å². The maximum atomic E-state index is 15.5. The third-order valence-corrected chi connectivity index (χ3v) is 7.35. The molecule has 2 heterocycles. The number of rotatable bonds is 11. The SMILES string of the molecule is COc1ccc2nccc(C(F)CC[C@@H]3CCN(CCCc4cccc(F)c4)C[C@@H]3CC(=O)O)c2c1. The van der Waals surface area contributed by atoms with Crippen LogP contribution in [0.1, 0.15) is 49.4 Å². The predicted molar refractivity (Wildman–Crippen MR) is 136 cm³/mol. The van der Waals surface area contributed by atoms with Gasteiger partial charge < -0.3 is 14.7 Å². The fourth-order valence-corrected chi connectivity index (χ4v) is 5.46. The van der Waals surface area contributed by atoms with Gasteiger partial charge in [0.15, 0.2) is 0 Å². The molecule has 5 nitrogen and oxygen atoms in total. The number of methoxy groups -OCH3 is 1. The van der Waals surface area contributed by atoms with Crippen molar-refractivity contribution in [1.82, 2.24) is 9.88 Å². The highest BCUT2D eigenvalue weighted by Crippen LogP contribution is 2.36. The summed E-state index contributed by atoms with van der Waals surface area (Å²) >= 11 is 0. The summed E-state index contributed by atoms with van der Waals surface area (Å²) in [5.74, 6) is -0.209. The Morgan fingerprint density at radius 2 is 2.08 bits per heavy atom. The molecule has 1 unspecified atom stereocenters. The summed E-state index contributed by atoms with van der Waals surface area (Å²) in [6.45, 7) is 2.42. The van der Waals surface area contributed by atoms with Gasteiger partial charge in [0.25, 0.3) is 0 Å². The molecule has 7 heteroatoms. The lowest BCUT2D eigenvalue weighted by Crippen LogP contribution is -2.42. The Bertz CT molecular complexity index is 1170. The molecule has 3 aromatic rings. The largest absolute Gasteiger partial charge is 0.497 e. The molecule has 1 aromatic heterocycles. The lowest BCUT2D eigenvalue weighted by molar-refractivity contribution is -0.139. The van der Waals surface area contributed by atoms with E-state index in [0.717, 1.165) is 48.8 Å². The van der Waals surface area contributed by atoms with Crippen LogP contribution in [0.25, 0.3) is 10.9 Å². The van der Waals surface area contributed by atoms with E-state index < -0.39 is 12.1 Å². The number of nitrogens with zero attached hydrogens (tertiary/aromatic N) is 2.